The minimum Gasteiger partial charge on any atom is -0.468 e. The van der Waals surface area contributed by atoms with Gasteiger partial charge >= 0.3 is 5.97 Å². The number of aryl methyl sites for hydroxylation is 1. The molecule has 5 heteroatoms. The van der Waals surface area contributed by atoms with Crippen molar-refractivity contribution in [3.05, 3.63) is 17.5 Å². The van der Waals surface area contributed by atoms with Crippen molar-refractivity contribution in [2.75, 3.05) is 7.11 Å². The first-order chi connectivity index (χ1) is 8.01. The number of nitrogens with one attached hydrogen (secondary N) is 1. The highest BCUT2D eigenvalue weighted by Crippen LogP contribution is 2.19. The molecule has 17 heavy (non-hydrogen) atoms. The standard InChI is InChI=1S/C12H21N3O2/c1-6-8(2)14-11(12(16)17-5)10-7-13-15(4)9(10)3/h7-8,11,14H,6H2,1-5H3. The first kappa shape index (κ1) is 13.7. The molecular formula is C12H21N3O2. The molecule has 0 spiro atoms. The van der Waals surface area contributed by atoms with Gasteiger partial charge in [0.05, 0.1) is 13.3 Å². The van der Waals surface area contributed by atoms with E-state index in [2.05, 4.69) is 17.3 Å². The van der Waals surface area contributed by atoms with Gasteiger partial charge in [0.1, 0.15) is 6.04 Å². The molecule has 1 rings (SSSR count). The molecule has 96 valence electrons. The maximum Gasteiger partial charge on any atom is 0.327 e. The van der Waals surface area contributed by atoms with E-state index in [4.69, 9.17) is 4.74 Å². The van der Waals surface area contributed by atoms with Crippen LogP contribution < -0.4 is 5.32 Å². The fraction of sp³-hybridized carbons (Fsp3) is 0.667. The topological polar surface area (TPSA) is 56.1 Å². The summed E-state index contributed by atoms with van der Waals surface area (Å²) in [5.41, 5.74) is 1.84. The van der Waals surface area contributed by atoms with Gasteiger partial charge in [-0.05, 0) is 20.3 Å². The quantitative estimate of drug-likeness (QED) is 0.788. The number of rotatable bonds is 5. The summed E-state index contributed by atoms with van der Waals surface area (Å²) < 4.78 is 6.59. The van der Waals surface area contributed by atoms with Crippen LogP contribution in [0.2, 0.25) is 0 Å². The molecule has 0 aliphatic carbocycles. The molecular weight excluding hydrogens is 218 g/mol. The van der Waals surface area contributed by atoms with Crippen molar-refractivity contribution in [2.45, 2.75) is 39.3 Å². The predicted octanol–water partition coefficient (Wildman–Crippen LogP) is 1.33. The SMILES string of the molecule is CCC(C)NC(C(=O)OC)c1cnn(C)c1C. The van der Waals surface area contributed by atoms with Crippen LogP contribution in [0.5, 0.6) is 0 Å². The highest BCUT2D eigenvalue weighted by Gasteiger charge is 2.25. The third-order valence-corrected chi connectivity index (χ3v) is 3.08. The zero-order chi connectivity index (χ0) is 13.0. The van der Waals surface area contributed by atoms with Gasteiger partial charge in [0.15, 0.2) is 0 Å². The van der Waals surface area contributed by atoms with Crippen LogP contribution in [-0.2, 0) is 16.6 Å². The smallest absolute Gasteiger partial charge is 0.327 e. The van der Waals surface area contributed by atoms with Crippen molar-refractivity contribution < 1.29 is 9.53 Å². The molecule has 0 aliphatic heterocycles. The van der Waals surface area contributed by atoms with Crippen LogP contribution >= 0.6 is 0 Å². The van der Waals surface area contributed by atoms with E-state index in [0.717, 1.165) is 17.7 Å². The van der Waals surface area contributed by atoms with E-state index < -0.39 is 6.04 Å². The van der Waals surface area contributed by atoms with E-state index in [0.29, 0.717) is 0 Å². The summed E-state index contributed by atoms with van der Waals surface area (Å²) in [7, 11) is 3.26. The minimum absolute atomic E-state index is 0.249. The minimum atomic E-state index is -0.441. The van der Waals surface area contributed by atoms with E-state index >= 15 is 0 Å². The Morgan fingerprint density at radius 3 is 2.71 bits per heavy atom. The van der Waals surface area contributed by atoms with E-state index in [9.17, 15) is 4.79 Å². The van der Waals surface area contributed by atoms with Crippen LogP contribution in [0.15, 0.2) is 6.20 Å². The Hall–Kier alpha value is -1.36. The molecule has 0 bridgehead atoms. The molecule has 0 aromatic carbocycles. The van der Waals surface area contributed by atoms with Gasteiger partial charge in [0, 0.05) is 24.3 Å². The lowest BCUT2D eigenvalue weighted by Crippen LogP contribution is -2.36. The van der Waals surface area contributed by atoms with Gasteiger partial charge in [0.2, 0.25) is 0 Å². The zero-order valence-corrected chi connectivity index (χ0v) is 11.2. The lowest BCUT2D eigenvalue weighted by Gasteiger charge is -2.20. The lowest BCUT2D eigenvalue weighted by molar-refractivity contribution is -0.143. The van der Waals surface area contributed by atoms with E-state index in [1.54, 1.807) is 10.9 Å². The fourth-order valence-corrected chi connectivity index (χ4v) is 1.60. The first-order valence-corrected chi connectivity index (χ1v) is 5.83. The van der Waals surface area contributed by atoms with Gasteiger partial charge in [-0.3, -0.25) is 10.00 Å². The van der Waals surface area contributed by atoms with E-state index in [1.807, 2.05) is 20.9 Å². The number of methoxy groups -OCH3 is 1. The third-order valence-electron chi connectivity index (χ3n) is 3.08. The average molecular weight is 239 g/mol. The van der Waals surface area contributed by atoms with Gasteiger partial charge < -0.3 is 4.74 Å². The van der Waals surface area contributed by atoms with Crippen LogP contribution in [0.4, 0.5) is 0 Å². The molecule has 2 atom stereocenters. The summed E-state index contributed by atoms with van der Waals surface area (Å²) in [6.45, 7) is 6.06. The maximum absolute atomic E-state index is 11.8. The monoisotopic (exact) mass is 239 g/mol. The average Bonchev–Trinajstić information content (AvgIpc) is 2.66. The zero-order valence-electron chi connectivity index (χ0n) is 11.2. The molecule has 5 nitrogen and oxygen atoms in total. The highest BCUT2D eigenvalue weighted by atomic mass is 16.5. The molecule has 1 heterocycles. The number of hydrogen-bond donors (Lipinski definition) is 1. The van der Waals surface area contributed by atoms with E-state index in [1.165, 1.54) is 7.11 Å². The number of hydrogen-bond acceptors (Lipinski definition) is 4. The van der Waals surface area contributed by atoms with Crippen molar-refractivity contribution in [1.82, 2.24) is 15.1 Å². The van der Waals surface area contributed by atoms with Crippen molar-refractivity contribution >= 4 is 5.97 Å². The van der Waals surface area contributed by atoms with Crippen molar-refractivity contribution in [3.63, 3.8) is 0 Å². The summed E-state index contributed by atoms with van der Waals surface area (Å²) in [6, 6.07) is -0.192. The molecule has 0 radical (unpaired) electrons. The number of esters is 1. The molecule has 1 N–H and O–H groups in total. The number of nitrogens with zero attached hydrogens (tertiary/aromatic N) is 2. The summed E-state index contributed by atoms with van der Waals surface area (Å²) in [6.07, 6.45) is 2.67. The second kappa shape index (κ2) is 5.82. The molecule has 2 unspecified atom stereocenters. The Bertz CT molecular complexity index is 387. The Balaban J connectivity index is 2.98. The summed E-state index contributed by atoms with van der Waals surface area (Å²) in [4.78, 5) is 11.8. The van der Waals surface area contributed by atoms with Crippen LogP contribution in [0.25, 0.3) is 0 Å². The van der Waals surface area contributed by atoms with Crippen LogP contribution in [-0.4, -0.2) is 28.9 Å². The third kappa shape index (κ3) is 3.06. The first-order valence-electron chi connectivity index (χ1n) is 5.83. The second-order valence-corrected chi connectivity index (χ2v) is 4.24. The summed E-state index contributed by atoms with van der Waals surface area (Å²) in [5.74, 6) is -0.276. The summed E-state index contributed by atoms with van der Waals surface area (Å²) >= 11 is 0. The van der Waals surface area contributed by atoms with Gasteiger partial charge in [0.25, 0.3) is 0 Å². The molecule has 1 aromatic heterocycles. The number of carbonyl (C=O) groups excluding carboxylic acids is 1. The van der Waals surface area contributed by atoms with Gasteiger partial charge in [-0.2, -0.15) is 5.10 Å². The number of ether oxygens (including phenoxy) is 1. The highest BCUT2D eigenvalue weighted by molar-refractivity contribution is 5.77. The fourth-order valence-electron chi connectivity index (χ4n) is 1.60. The number of aromatic nitrogens is 2. The Labute approximate surface area is 102 Å². The van der Waals surface area contributed by atoms with Crippen LogP contribution in [0, 0.1) is 6.92 Å². The van der Waals surface area contributed by atoms with Crippen molar-refractivity contribution in [1.29, 1.82) is 0 Å². The predicted molar refractivity (Wildman–Crippen MR) is 65.6 cm³/mol. The van der Waals surface area contributed by atoms with Crippen LogP contribution in [0.3, 0.4) is 0 Å². The summed E-state index contributed by atoms with van der Waals surface area (Å²) in [5, 5.41) is 7.42. The molecule has 0 aliphatic rings. The molecule has 0 saturated carbocycles. The van der Waals surface area contributed by atoms with Crippen LogP contribution in [0.1, 0.15) is 37.6 Å². The van der Waals surface area contributed by atoms with Gasteiger partial charge in [-0.25, -0.2) is 4.79 Å². The van der Waals surface area contributed by atoms with Gasteiger partial charge in [-0.1, -0.05) is 6.92 Å². The lowest BCUT2D eigenvalue weighted by atomic mass is 10.1. The number of carbonyl (C=O) groups is 1. The molecule has 1 aromatic rings. The molecule has 0 fully saturated rings. The largest absolute Gasteiger partial charge is 0.468 e. The normalized spacial score (nSPS) is 14.4. The van der Waals surface area contributed by atoms with Crippen molar-refractivity contribution in [2.24, 2.45) is 7.05 Å². The van der Waals surface area contributed by atoms with E-state index in [-0.39, 0.29) is 12.0 Å². The van der Waals surface area contributed by atoms with Gasteiger partial charge in [-0.15, -0.1) is 0 Å². The maximum atomic E-state index is 11.8. The Kier molecular flexibility index (Phi) is 4.69. The second-order valence-electron chi connectivity index (χ2n) is 4.24. The Morgan fingerprint density at radius 1 is 1.65 bits per heavy atom. The molecule has 0 amide bonds. The molecule has 0 saturated heterocycles. The Morgan fingerprint density at radius 2 is 2.29 bits per heavy atom. The van der Waals surface area contributed by atoms with Crippen molar-refractivity contribution in [3.8, 4) is 0 Å².